The highest BCUT2D eigenvalue weighted by atomic mass is 35.5. The lowest BCUT2D eigenvalue weighted by atomic mass is 10.2. The molecule has 1 aromatic heterocycles. The second-order valence-electron chi connectivity index (χ2n) is 4.21. The van der Waals surface area contributed by atoms with Gasteiger partial charge in [-0.1, -0.05) is 29.8 Å². The molecule has 0 atom stereocenters. The Kier molecular flexibility index (Phi) is 5.97. The van der Waals surface area contributed by atoms with Gasteiger partial charge >= 0.3 is 7.60 Å². The van der Waals surface area contributed by atoms with E-state index in [-0.39, 0.29) is 6.16 Å². The second-order valence-corrected chi connectivity index (χ2v) is 7.62. The summed E-state index contributed by atoms with van der Waals surface area (Å²) < 4.78 is 23.1. The number of benzene rings is 1. The summed E-state index contributed by atoms with van der Waals surface area (Å²) in [5, 5.41) is 3.26. The topological polar surface area (TPSA) is 48.4 Å². The van der Waals surface area contributed by atoms with Gasteiger partial charge in [-0.25, -0.2) is 4.98 Å². The molecule has 0 bridgehead atoms. The third-order valence-corrected chi connectivity index (χ3v) is 6.06. The zero-order valence-electron chi connectivity index (χ0n) is 11.9. The smallest absolute Gasteiger partial charge is 0.309 e. The fourth-order valence-electron chi connectivity index (χ4n) is 1.86. The van der Waals surface area contributed by atoms with Gasteiger partial charge in [0.15, 0.2) is 0 Å². The van der Waals surface area contributed by atoms with Crippen molar-refractivity contribution < 1.29 is 13.6 Å². The van der Waals surface area contributed by atoms with Crippen LogP contribution < -0.4 is 0 Å². The highest BCUT2D eigenvalue weighted by Crippen LogP contribution is 2.51. The van der Waals surface area contributed by atoms with Gasteiger partial charge in [0.1, 0.15) is 11.2 Å². The van der Waals surface area contributed by atoms with Crippen LogP contribution >= 0.6 is 30.5 Å². The van der Waals surface area contributed by atoms with Crippen molar-refractivity contribution in [2.24, 2.45) is 0 Å². The molecular weight excluding hydrogens is 329 g/mol. The summed E-state index contributed by atoms with van der Waals surface area (Å²) in [6, 6.07) is 7.51. The summed E-state index contributed by atoms with van der Waals surface area (Å²) in [5.41, 5.74) is 1.64. The lowest BCUT2D eigenvalue weighted by Gasteiger charge is -2.15. The summed E-state index contributed by atoms with van der Waals surface area (Å²) in [5.74, 6) is 0. The fraction of sp³-hybridized carbons (Fsp3) is 0.357. The number of hydrogen-bond donors (Lipinski definition) is 0. The van der Waals surface area contributed by atoms with E-state index in [0.717, 1.165) is 16.3 Å². The van der Waals surface area contributed by atoms with E-state index in [4.69, 9.17) is 20.6 Å². The van der Waals surface area contributed by atoms with Gasteiger partial charge in [0.05, 0.1) is 18.9 Å². The van der Waals surface area contributed by atoms with E-state index in [1.54, 1.807) is 13.8 Å². The van der Waals surface area contributed by atoms with E-state index >= 15 is 0 Å². The van der Waals surface area contributed by atoms with Gasteiger partial charge in [0, 0.05) is 16.0 Å². The Morgan fingerprint density at radius 3 is 2.52 bits per heavy atom. The molecule has 0 saturated carbocycles. The quantitative estimate of drug-likeness (QED) is 0.645. The van der Waals surface area contributed by atoms with Crippen molar-refractivity contribution in [2.75, 3.05) is 13.2 Å². The minimum Gasteiger partial charge on any atom is -0.309 e. The molecule has 1 heterocycles. The summed E-state index contributed by atoms with van der Waals surface area (Å²) in [4.78, 5) is 4.49. The molecule has 0 amide bonds. The van der Waals surface area contributed by atoms with Crippen LogP contribution in [0.4, 0.5) is 0 Å². The average Bonchev–Trinajstić information content (AvgIpc) is 2.87. The Bertz CT molecular complexity index is 637. The zero-order valence-corrected chi connectivity index (χ0v) is 14.4. The van der Waals surface area contributed by atoms with E-state index in [2.05, 4.69) is 4.98 Å². The SMILES string of the molecule is CCOP(=O)(Cc1nc(-c2ccccc2Cl)cs1)OCC. The predicted molar refractivity (Wildman–Crippen MR) is 87.1 cm³/mol. The van der Waals surface area contributed by atoms with Crippen molar-refractivity contribution in [2.45, 2.75) is 20.0 Å². The largest absolute Gasteiger partial charge is 0.337 e. The highest BCUT2D eigenvalue weighted by Gasteiger charge is 2.26. The monoisotopic (exact) mass is 345 g/mol. The maximum absolute atomic E-state index is 12.5. The summed E-state index contributed by atoms with van der Waals surface area (Å²) in [6.07, 6.45) is 0.184. The Balaban J connectivity index is 2.20. The van der Waals surface area contributed by atoms with E-state index in [1.165, 1.54) is 11.3 Å². The van der Waals surface area contributed by atoms with Crippen LogP contribution in [0.15, 0.2) is 29.6 Å². The van der Waals surface area contributed by atoms with Crippen LogP contribution in [0, 0.1) is 0 Å². The number of hydrogen-bond acceptors (Lipinski definition) is 5. The van der Waals surface area contributed by atoms with Crippen molar-refractivity contribution in [1.29, 1.82) is 0 Å². The maximum Gasteiger partial charge on any atom is 0.337 e. The lowest BCUT2D eigenvalue weighted by Crippen LogP contribution is -1.98. The average molecular weight is 346 g/mol. The molecule has 2 rings (SSSR count). The van der Waals surface area contributed by atoms with Crippen LogP contribution in [-0.2, 0) is 19.8 Å². The second kappa shape index (κ2) is 7.52. The minimum absolute atomic E-state index is 0.184. The molecule has 0 unspecified atom stereocenters. The molecule has 0 aliphatic carbocycles. The van der Waals surface area contributed by atoms with E-state index < -0.39 is 7.60 Å². The third-order valence-electron chi connectivity index (χ3n) is 2.68. The van der Waals surface area contributed by atoms with Crippen LogP contribution in [0.1, 0.15) is 18.9 Å². The van der Waals surface area contributed by atoms with Crippen LogP contribution in [0.3, 0.4) is 0 Å². The van der Waals surface area contributed by atoms with Gasteiger partial charge in [0.25, 0.3) is 0 Å². The molecule has 4 nitrogen and oxygen atoms in total. The molecule has 0 spiro atoms. The van der Waals surface area contributed by atoms with Crippen molar-refractivity contribution >= 4 is 30.5 Å². The minimum atomic E-state index is -3.12. The molecule has 0 aliphatic heterocycles. The summed E-state index contributed by atoms with van der Waals surface area (Å²) >= 11 is 7.59. The molecule has 114 valence electrons. The van der Waals surface area contributed by atoms with Crippen molar-refractivity contribution in [3.05, 3.63) is 39.7 Å². The number of halogens is 1. The first-order valence-electron chi connectivity index (χ1n) is 6.65. The molecule has 21 heavy (non-hydrogen) atoms. The van der Waals surface area contributed by atoms with Crippen LogP contribution in [0.2, 0.25) is 5.02 Å². The van der Waals surface area contributed by atoms with E-state index in [1.807, 2.05) is 29.6 Å². The number of thiazole rings is 1. The number of rotatable bonds is 7. The van der Waals surface area contributed by atoms with Gasteiger partial charge < -0.3 is 9.05 Å². The van der Waals surface area contributed by atoms with Crippen molar-refractivity contribution in [3.8, 4) is 11.3 Å². The Labute approximate surface area is 133 Å². The van der Waals surface area contributed by atoms with Crippen LogP contribution in [-0.4, -0.2) is 18.2 Å². The zero-order chi connectivity index (χ0) is 15.3. The Morgan fingerprint density at radius 1 is 1.24 bits per heavy atom. The highest BCUT2D eigenvalue weighted by molar-refractivity contribution is 7.53. The maximum atomic E-state index is 12.5. The molecular formula is C14H17ClNO3PS. The Morgan fingerprint density at radius 2 is 1.90 bits per heavy atom. The van der Waals surface area contributed by atoms with Gasteiger partial charge in [-0.3, -0.25) is 4.57 Å². The molecule has 0 aliphatic rings. The van der Waals surface area contributed by atoms with Gasteiger partial charge in [0.2, 0.25) is 0 Å². The van der Waals surface area contributed by atoms with E-state index in [9.17, 15) is 4.57 Å². The van der Waals surface area contributed by atoms with Gasteiger partial charge in [-0.2, -0.15) is 0 Å². The molecule has 7 heteroatoms. The van der Waals surface area contributed by atoms with Gasteiger partial charge in [-0.05, 0) is 19.9 Å². The standard InChI is InChI=1S/C14H17ClNO3PS/c1-3-18-20(17,19-4-2)9-14-16-13(10-21-14)11-7-5-6-8-12(11)15/h5-8,10H,3-4,9H2,1-2H3. The first kappa shape index (κ1) is 16.7. The summed E-state index contributed by atoms with van der Waals surface area (Å²) in [6.45, 7) is 4.28. The normalized spacial score (nSPS) is 11.8. The third kappa shape index (κ3) is 4.38. The predicted octanol–water partition coefficient (Wildman–Crippen LogP) is 5.23. The molecule has 0 saturated heterocycles. The number of nitrogens with zero attached hydrogens (tertiary/aromatic N) is 1. The van der Waals surface area contributed by atoms with Crippen molar-refractivity contribution in [3.63, 3.8) is 0 Å². The Hall–Kier alpha value is -0.710. The van der Waals surface area contributed by atoms with Crippen LogP contribution in [0.5, 0.6) is 0 Å². The lowest BCUT2D eigenvalue weighted by molar-refractivity contribution is 0.219. The fourth-order valence-corrected chi connectivity index (χ4v) is 4.89. The molecule has 0 fully saturated rings. The molecule has 0 N–H and O–H groups in total. The van der Waals surface area contributed by atoms with Crippen LogP contribution in [0.25, 0.3) is 11.3 Å². The van der Waals surface area contributed by atoms with Gasteiger partial charge in [-0.15, -0.1) is 11.3 Å². The molecule has 1 aromatic carbocycles. The first-order chi connectivity index (χ1) is 10.1. The number of aromatic nitrogens is 1. The van der Waals surface area contributed by atoms with Crippen molar-refractivity contribution in [1.82, 2.24) is 4.98 Å². The molecule has 2 aromatic rings. The summed E-state index contributed by atoms with van der Waals surface area (Å²) in [7, 11) is -3.12. The first-order valence-corrected chi connectivity index (χ1v) is 9.64. The molecule has 0 radical (unpaired) electrons. The van der Waals surface area contributed by atoms with E-state index in [0.29, 0.717) is 18.2 Å².